The number of carboxylic acids is 1. The molecule has 0 aliphatic rings. The maximum Gasteiger partial charge on any atom is 0.305 e. The molecule has 0 atom stereocenters. The first-order valence-corrected chi connectivity index (χ1v) is 7.72. The fourth-order valence-electron chi connectivity index (χ4n) is 2.43. The first-order chi connectivity index (χ1) is 10.1. The Morgan fingerprint density at radius 3 is 2.76 bits per heavy atom. The van der Waals surface area contributed by atoms with Crippen LogP contribution in [0.15, 0.2) is 29.0 Å². The lowest BCUT2D eigenvalue weighted by molar-refractivity contribution is -0.137. The van der Waals surface area contributed by atoms with Crippen molar-refractivity contribution < 1.29 is 9.90 Å². The first kappa shape index (κ1) is 13.8. The maximum atomic E-state index is 10.9. The molecule has 0 bridgehead atoms. The summed E-state index contributed by atoms with van der Waals surface area (Å²) in [5.41, 5.74) is 5.35. The summed E-state index contributed by atoms with van der Waals surface area (Å²) in [6.07, 6.45) is 0.0928. The number of aryl methyl sites for hydroxylation is 3. The van der Waals surface area contributed by atoms with Gasteiger partial charge in [0.2, 0.25) is 0 Å². The molecule has 21 heavy (non-hydrogen) atoms. The molecule has 0 fully saturated rings. The Kier molecular flexibility index (Phi) is 3.51. The molecule has 0 saturated carbocycles. The molecule has 0 radical (unpaired) electrons. The van der Waals surface area contributed by atoms with Crippen molar-refractivity contribution in [3.63, 3.8) is 0 Å². The van der Waals surface area contributed by atoms with Gasteiger partial charge >= 0.3 is 5.97 Å². The molecule has 5 heteroatoms. The van der Waals surface area contributed by atoms with E-state index < -0.39 is 5.97 Å². The quantitative estimate of drug-likeness (QED) is 0.796. The second-order valence-corrected chi connectivity index (χ2v) is 5.95. The van der Waals surface area contributed by atoms with Crippen LogP contribution in [0.3, 0.4) is 0 Å². The zero-order chi connectivity index (χ0) is 15.0. The fraction of sp³-hybridized carbons (Fsp3) is 0.250. The van der Waals surface area contributed by atoms with Gasteiger partial charge in [-0.3, -0.25) is 4.79 Å². The van der Waals surface area contributed by atoms with Gasteiger partial charge in [-0.05, 0) is 48.6 Å². The van der Waals surface area contributed by atoms with Gasteiger partial charge in [0.05, 0.1) is 17.5 Å². The number of aromatic nitrogens is 2. The SMILES string of the molecule is Cc1cc2nc(-c3ccsc3)n(CCC(=O)O)c2cc1C. The van der Waals surface area contributed by atoms with Gasteiger partial charge in [0.1, 0.15) is 5.82 Å². The van der Waals surface area contributed by atoms with E-state index in [-0.39, 0.29) is 6.42 Å². The Bertz CT molecular complexity index is 803. The molecule has 4 nitrogen and oxygen atoms in total. The van der Waals surface area contributed by atoms with E-state index in [2.05, 4.69) is 26.0 Å². The third kappa shape index (κ3) is 2.56. The number of hydrogen-bond donors (Lipinski definition) is 1. The number of carboxylic acid groups (broad SMARTS) is 1. The molecule has 2 aromatic heterocycles. The van der Waals surface area contributed by atoms with Crippen LogP contribution in [-0.4, -0.2) is 20.6 Å². The average Bonchev–Trinajstić information content (AvgIpc) is 3.04. The molecule has 0 amide bonds. The second kappa shape index (κ2) is 5.33. The van der Waals surface area contributed by atoms with Gasteiger partial charge in [0.25, 0.3) is 0 Å². The lowest BCUT2D eigenvalue weighted by Gasteiger charge is -2.07. The predicted octanol–water partition coefficient (Wildman–Crippen LogP) is 3.86. The van der Waals surface area contributed by atoms with Crippen molar-refractivity contribution in [2.24, 2.45) is 0 Å². The Labute approximate surface area is 126 Å². The lowest BCUT2D eigenvalue weighted by atomic mass is 10.1. The number of hydrogen-bond acceptors (Lipinski definition) is 3. The number of carbonyl (C=O) groups is 1. The highest BCUT2D eigenvalue weighted by atomic mass is 32.1. The highest BCUT2D eigenvalue weighted by Gasteiger charge is 2.14. The molecule has 108 valence electrons. The summed E-state index contributed by atoms with van der Waals surface area (Å²) >= 11 is 1.61. The van der Waals surface area contributed by atoms with E-state index in [1.807, 2.05) is 21.4 Å². The standard InChI is InChI=1S/C16H16N2O2S/c1-10-7-13-14(8-11(10)2)18(5-3-15(19)20)16(17-13)12-4-6-21-9-12/h4,6-9H,3,5H2,1-2H3,(H,19,20). The van der Waals surface area contributed by atoms with Crippen LogP contribution in [0.2, 0.25) is 0 Å². The topological polar surface area (TPSA) is 55.1 Å². The monoisotopic (exact) mass is 300 g/mol. The van der Waals surface area contributed by atoms with E-state index in [9.17, 15) is 4.79 Å². The van der Waals surface area contributed by atoms with Crippen molar-refractivity contribution in [1.82, 2.24) is 9.55 Å². The molecule has 3 rings (SSSR count). The molecule has 1 N–H and O–H groups in total. The second-order valence-electron chi connectivity index (χ2n) is 5.17. The summed E-state index contributed by atoms with van der Waals surface area (Å²) < 4.78 is 2.01. The summed E-state index contributed by atoms with van der Waals surface area (Å²) in [5, 5.41) is 13.0. The third-order valence-corrected chi connectivity index (χ3v) is 4.38. The Hall–Kier alpha value is -2.14. The number of nitrogens with zero attached hydrogens (tertiary/aromatic N) is 2. The molecule has 1 aromatic carbocycles. The minimum Gasteiger partial charge on any atom is -0.481 e. The Morgan fingerprint density at radius 2 is 2.10 bits per heavy atom. The molecule has 0 spiro atoms. The van der Waals surface area contributed by atoms with Crippen LogP contribution in [0, 0.1) is 13.8 Å². The number of imidazole rings is 1. The average molecular weight is 300 g/mol. The number of thiophene rings is 1. The van der Waals surface area contributed by atoms with Crippen LogP contribution in [0.5, 0.6) is 0 Å². The molecular weight excluding hydrogens is 284 g/mol. The summed E-state index contributed by atoms with van der Waals surface area (Å²) in [7, 11) is 0. The zero-order valence-electron chi connectivity index (χ0n) is 12.0. The highest BCUT2D eigenvalue weighted by molar-refractivity contribution is 7.08. The van der Waals surface area contributed by atoms with Gasteiger partial charge < -0.3 is 9.67 Å². The Morgan fingerprint density at radius 1 is 1.33 bits per heavy atom. The van der Waals surface area contributed by atoms with Crippen molar-refractivity contribution >= 4 is 28.3 Å². The molecule has 0 unspecified atom stereocenters. The van der Waals surface area contributed by atoms with Crippen LogP contribution in [-0.2, 0) is 11.3 Å². The van der Waals surface area contributed by atoms with Crippen LogP contribution < -0.4 is 0 Å². The summed E-state index contributed by atoms with van der Waals surface area (Å²) in [4.78, 5) is 15.6. The van der Waals surface area contributed by atoms with E-state index in [0.717, 1.165) is 22.4 Å². The summed E-state index contributed by atoms with van der Waals surface area (Å²) in [6.45, 7) is 4.56. The Balaban J connectivity index is 2.20. The fourth-order valence-corrected chi connectivity index (χ4v) is 3.06. The van der Waals surface area contributed by atoms with Crippen LogP contribution in [0.1, 0.15) is 17.5 Å². The first-order valence-electron chi connectivity index (χ1n) is 6.78. The van der Waals surface area contributed by atoms with E-state index in [4.69, 9.17) is 10.1 Å². The van der Waals surface area contributed by atoms with Crippen LogP contribution >= 0.6 is 11.3 Å². The normalized spacial score (nSPS) is 11.1. The smallest absolute Gasteiger partial charge is 0.305 e. The number of benzene rings is 1. The minimum atomic E-state index is -0.794. The number of fused-ring (bicyclic) bond motifs is 1. The van der Waals surface area contributed by atoms with Crippen molar-refractivity contribution in [2.75, 3.05) is 0 Å². The van der Waals surface area contributed by atoms with E-state index in [1.165, 1.54) is 11.1 Å². The summed E-state index contributed by atoms with van der Waals surface area (Å²) in [6, 6.07) is 6.18. The van der Waals surface area contributed by atoms with E-state index in [0.29, 0.717) is 6.54 Å². The molecule has 0 saturated heterocycles. The van der Waals surface area contributed by atoms with E-state index in [1.54, 1.807) is 11.3 Å². The molecule has 2 heterocycles. The van der Waals surface area contributed by atoms with Gasteiger partial charge in [-0.1, -0.05) is 0 Å². The maximum absolute atomic E-state index is 10.9. The third-order valence-electron chi connectivity index (χ3n) is 3.69. The van der Waals surface area contributed by atoms with Crippen molar-refractivity contribution in [3.8, 4) is 11.4 Å². The zero-order valence-corrected chi connectivity index (χ0v) is 12.8. The largest absolute Gasteiger partial charge is 0.481 e. The number of aliphatic carboxylic acids is 1. The molecule has 0 aliphatic heterocycles. The van der Waals surface area contributed by atoms with Gasteiger partial charge in [-0.2, -0.15) is 11.3 Å². The highest BCUT2D eigenvalue weighted by Crippen LogP contribution is 2.28. The van der Waals surface area contributed by atoms with Crippen molar-refractivity contribution in [1.29, 1.82) is 0 Å². The van der Waals surface area contributed by atoms with Crippen molar-refractivity contribution in [2.45, 2.75) is 26.8 Å². The molecule has 0 aliphatic carbocycles. The minimum absolute atomic E-state index is 0.0928. The molecule has 3 aromatic rings. The lowest BCUT2D eigenvalue weighted by Crippen LogP contribution is -2.06. The summed E-state index contributed by atoms with van der Waals surface area (Å²) in [5.74, 6) is 0.0504. The van der Waals surface area contributed by atoms with E-state index >= 15 is 0 Å². The number of rotatable bonds is 4. The van der Waals surface area contributed by atoms with Gasteiger partial charge in [0.15, 0.2) is 0 Å². The predicted molar refractivity (Wildman–Crippen MR) is 84.8 cm³/mol. The van der Waals surface area contributed by atoms with Gasteiger partial charge in [-0.15, -0.1) is 0 Å². The van der Waals surface area contributed by atoms with Crippen molar-refractivity contribution in [3.05, 3.63) is 40.1 Å². The van der Waals surface area contributed by atoms with Gasteiger partial charge in [0, 0.05) is 17.5 Å². The van der Waals surface area contributed by atoms with Gasteiger partial charge in [-0.25, -0.2) is 4.98 Å². The van der Waals surface area contributed by atoms with Crippen LogP contribution in [0.4, 0.5) is 0 Å². The molecular formula is C16H16N2O2S. The van der Waals surface area contributed by atoms with Crippen LogP contribution in [0.25, 0.3) is 22.4 Å².